The maximum atomic E-state index is 13.4. The van der Waals surface area contributed by atoms with Crippen molar-refractivity contribution in [2.45, 2.75) is 13.5 Å². The van der Waals surface area contributed by atoms with Gasteiger partial charge in [0, 0.05) is 17.7 Å². The lowest BCUT2D eigenvalue weighted by atomic mass is 10.2. The van der Waals surface area contributed by atoms with Gasteiger partial charge in [0.1, 0.15) is 11.6 Å². The fraction of sp³-hybridized carbons (Fsp3) is 0.188. The van der Waals surface area contributed by atoms with Crippen molar-refractivity contribution in [3.63, 3.8) is 0 Å². The van der Waals surface area contributed by atoms with Crippen LogP contribution in [0.2, 0.25) is 0 Å². The highest BCUT2D eigenvalue weighted by Gasteiger charge is 2.08. The first-order valence-corrected chi connectivity index (χ1v) is 6.45. The van der Waals surface area contributed by atoms with Crippen LogP contribution in [0.4, 0.5) is 4.39 Å². The van der Waals surface area contributed by atoms with Gasteiger partial charge in [-0.05, 0) is 31.2 Å². The Bertz CT molecular complexity index is 599. The van der Waals surface area contributed by atoms with Crippen molar-refractivity contribution in [1.29, 1.82) is 0 Å². The number of benzene rings is 2. The van der Waals surface area contributed by atoms with Crippen molar-refractivity contribution in [2.24, 2.45) is 0 Å². The highest BCUT2D eigenvalue weighted by molar-refractivity contribution is 5.94. The molecule has 3 nitrogen and oxygen atoms in total. The Labute approximate surface area is 117 Å². The molecular weight excluding hydrogens is 257 g/mol. The van der Waals surface area contributed by atoms with Crippen molar-refractivity contribution >= 4 is 5.91 Å². The van der Waals surface area contributed by atoms with E-state index in [-0.39, 0.29) is 18.3 Å². The van der Waals surface area contributed by atoms with Gasteiger partial charge in [-0.2, -0.15) is 0 Å². The van der Waals surface area contributed by atoms with Crippen LogP contribution in [0.15, 0.2) is 48.5 Å². The third kappa shape index (κ3) is 3.57. The fourth-order valence-electron chi connectivity index (χ4n) is 1.81. The van der Waals surface area contributed by atoms with Gasteiger partial charge in [0.05, 0.1) is 6.61 Å². The average Bonchev–Trinajstić information content (AvgIpc) is 2.47. The van der Waals surface area contributed by atoms with Gasteiger partial charge in [-0.25, -0.2) is 4.39 Å². The van der Waals surface area contributed by atoms with E-state index in [9.17, 15) is 9.18 Å². The Balaban J connectivity index is 2.01. The van der Waals surface area contributed by atoms with Crippen molar-refractivity contribution in [3.05, 3.63) is 65.5 Å². The molecule has 20 heavy (non-hydrogen) atoms. The van der Waals surface area contributed by atoms with Gasteiger partial charge in [-0.1, -0.05) is 24.3 Å². The van der Waals surface area contributed by atoms with Crippen molar-refractivity contribution < 1.29 is 13.9 Å². The molecule has 0 saturated carbocycles. The maximum Gasteiger partial charge on any atom is 0.251 e. The lowest BCUT2D eigenvalue weighted by Gasteiger charge is -2.08. The molecule has 1 amide bonds. The monoisotopic (exact) mass is 273 g/mol. The first kappa shape index (κ1) is 14.1. The third-order valence-corrected chi connectivity index (χ3v) is 2.80. The number of hydrogen-bond donors (Lipinski definition) is 1. The molecule has 104 valence electrons. The highest BCUT2D eigenvalue weighted by Crippen LogP contribution is 2.13. The summed E-state index contributed by atoms with van der Waals surface area (Å²) in [6, 6.07) is 13.3. The number of rotatable bonds is 5. The normalized spacial score (nSPS) is 10.1. The molecule has 0 aliphatic rings. The van der Waals surface area contributed by atoms with E-state index in [1.54, 1.807) is 42.5 Å². The number of amides is 1. The van der Waals surface area contributed by atoms with Gasteiger partial charge in [0.2, 0.25) is 0 Å². The van der Waals surface area contributed by atoms with Crippen LogP contribution in [-0.2, 0) is 6.54 Å². The number of ether oxygens (including phenoxy) is 1. The minimum Gasteiger partial charge on any atom is -0.494 e. The van der Waals surface area contributed by atoms with Crippen LogP contribution in [0.3, 0.4) is 0 Å². The molecule has 2 rings (SSSR count). The first-order chi connectivity index (χ1) is 9.70. The molecule has 0 spiro atoms. The second kappa shape index (κ2) is 6.70. The molecule has 0 bridgehead atoms. The maximum absolute atomic E-state index is 13.4. The molecule has 4 heteroatoms. The largest absolute Gasteiger partial charge is 0.494 e. The van der Waals surface area contributed by atoms with Gasteiger partial charge in [-0.15, -0.1) is 0 Å². The number of carbonyl (C=O) groups is 1. The second-order valence-corrected chi connectivity index (χ2v) is 4.23. The van der Waals surface area contributed by atoms with Crippen molar-refractivity contribution in [1.82, 2.24) is 5.32 Å². The Kier molecular flexibility index (Phi) is 4.71. The van der Waals surface area contributed by atoms with Gasteiger partial charge >= 0.3 is 0 Å². The molecule has 2 aromatic carbocycles. The number of halogens is 1. The lowest BCUT2D eigenvalue weighted by molar-refractivity contribution is 0.0950. The van der Waals surface area contributed by atoms with Crippen LogP contribution in [0, 0.1) is 5.82 Å². The van der Waals surface area contributed by atoms with Crippen LogP contribution in [0.5, 0.6) is 5.75 Å². The summed E-state index contributed by atoms with van der Waals surface area (Å²) >= 11 is 0. The van der Waals surface area contributed by atoms with E-state index in [2.05, 4.69) is 5.32 Å². The van der Waals surface area contributed by atoms with Crippen LogP contribution in [0.1, 0.15) is 22.8 Å². The summed E-state index contributed by atoms with van der Waals surface area (Å²) in [5, 5.41) is 2.69. The molecule has 0 heterocycles. The van der Waals surface area contributed by atoms with E-state index in [0.717, 1.165) is 0 Å². The van der Waals surface area contributed by atoms with Crippen LogP contribution < -0.4 is 10.1 Å². The SMILES string of the molecule is CCOc1cccc(C(=O)NCc2ccccc2F)c1. The van der Waals surface area contributed by atoms with Crippen molar-refractivity contribution in [3.8, 4) is 5.75 Å². The predicted molar refractivity (Wildman–Crippen MR) is 75.2 cm³/mol. The zero-order chi connectivity index (χ0) is 14.4. The standard InChI is InChI=1S/C16H16FNO2/c1-2-20-14-8-5-7-12(10-14)16(19)18-11-13-6-3-4-9-15(13)17/h3-10H,2,11H2,1H3,(H,18,19). The molecule has 0 radical (unpaired) electrons. The number of nitrogens with one attached hydrogen (secondary N) is 1. The summed E-state index contributed by atoms with van der Waals surface area (Å²) < 4.78 is 18.8. The van der Waals surface area contributed by atoms with E-state index in [1.807, 2.05) is 6.92 Å². The molecule has 0 aromatic heterocycles. The summed E-state index contributed by atoms with van der Waals surface area (Å²) in [6.45, 7) is 2.58. The van der Waals surface area contributed by atoms with Crippen LogP contribution in [-0.4, -0.2) is 12.5 Å². The molecule has 0 unspecified atom stereocenters. The van der Waals surface area contributed by atoms with Gasteiger partial charge in [0.15, 0.2) is 0 Å². The molecular formula is C16H16FNO2. The topological polar surface area (TPSA) is 38.3 Å². The summed E-state index contributed by atoms with van der Waals surface area (Å²) in [7, 11) is 0. The Morgan fingerprint density at radius 1 is 1.20 bits per heavy atom. The van der Waals surface area contributed by atoms with Gasteiger partial charge in [0.25, 0.3) is 5.91 Å². The lowest BCUT2D eigenvalue weighted by Crippen LogP contribution is -2.23. The van der Waals surface area contributed by atoms with E-state index >= 15 is 0 Å². The summed E-state index contributed by atoms with van der Waals surface area (Å²) in [4.78, 5) is 12.0. The minimum absolute atomic E-state index is 0.157. The highest BCUT2D eigenvalue weighted by atomic mass is 19.1. The summed E-state index contributed by atoms with van der Waals surface area (Å²) in [5.74, 6) is 0.0664. The first-order valence-electron chi connectivity index (χ1n) is 6.45. The third-order valence-electron chi connectivity index (χ3n) is 2.80. The quantitative estimate of drug-likeness (QED) is 0.908. The number of hydrogen-bond acceptors (Lipinski definition) is 2. The smallest absolute Gasteiger partial charge is 0.251 e. The zero-order valence-corrected chi connectivity index (χ0v) is 11.2. The Morgan fingerprint density at radius 2 is 2.00 bits per heavy atom. The summed E-state index contributed by atoms with van der Waals surface area (Å²) in [5.41, 5.74) is 0.953. The molecule has 0 aliphatic heterocycles. The van der Waals surface area contributed by atoms with Crippen molar-refractivity contribution in [2.75, 3.05) is 6.61 Å². The molecule has 2 aromatic rings. The zero-order valence-electron chi connectivity index (χ0n) is 11.2. The molecule has 1 N–H and O–H groups in total. The Hall–Kier alpha value is -2.36. The molecule has 0 fully saturated rings. The van der Waals surface area contributed by atoms with E-state index < -0.39 is 0 Å². The van der Waals surface area contributed by atoms with Crippen LogP contribution in [0.25, 0.3) is 0 Å². The molecule has 0 atom stereocenters. The fourth-order valence-corrected chi connectivity index (χ4v) is 1.81. The van der Waals surface area contributed by atoms with Crippen LogP contribution >= 0.6 is 0 Å². The minimum atomic E-state index is -0.323. The molecule has 0 aliphatic carbocycles. The Morgan fingerprint density at radius 3 is 2.75 bits per heavy atom. The summed E-state index contributed by atoms with van der Waals surface area (Å²) in [6.07, 6.45) is 0. The molecule has 0 saturated heterocycles. The van der Waals surface area contributed by atoms with Gasteiger partial charge in [-0.3, -0.25) is 4.79 Å². The van der Waals surface area contributed by atoms with E-state index in [0.29, 0.717) is 23.5 Å². The predicted octanol–water partition coefficient (Wildman–Crippen LogP) is 3.15. The van der Waals surface area contributed by atoms with E-state index in [4.69, 9.17) is 4.74 Å². The van der Waals surface area contributed by atoms with Gasteiger partial charge < -0.3 is 10.1 Å². The average molecular weight is 273 g/mol. The second-order valence-electron chi connectivity index (χ2n) is 4.23. The van der Waals surface area contributed by atoms with E-state index in [1.165, 1.54) is 6.07 Å². The number of carbonyl (C=O) groups excluding carboxylic acids is 1.